The minimum absolute atomic E-state index is 0.0279. The minimum atomic E-state index is -1.09. The smallest absolute Gasteiger partial charge is 0.250 e. The van der Waals surface area contributed by atoms with Crippen molar-refractivity contribution in [2.24, 2.45) is 10.7 Å². The summed E-state index contributed by atoms with van der Waals surface area (Å²) in [6, 6.07) is 6.24. The summed E-state index contributed by atoms with van der Waals surface area (Å²) in [4.78, 5) is 41.4. The third kappa shape index (κ3) is 2.71. The molecule has 3 rings (SSSR count). The van der Waals surface area contributed by atoms with Gasteiger partial charge in [0.2, 0.25) is 5.91 Å². The predicted molar refractivity (Wildman–Crippen MR) is 89.2 cm³/mol. The van der Waals surface area contributed by atoms with Gasteiger partial charge in [-0.1, -0.05) is 6.08 Å². The quantitative estimate of drug-likeness (QED) is 0.871. The van der Waals surface area contributed by atoms with Crippen LogP contribution in [0.15, 0.2) is 53.7 Å². The lowest BCUT2D eigenvalue weighted by Gasteiger charge is -2.41. The number of carbonyl (C=O) groups excluding carboxylic acids is 3. The highest BCUT2D eigenvalue weighted by Crippen LogP contribution is 2.29. The molecule has 1 aromatic carbocycles. The van der Waals surface area contributed by atoms with E-state index in [1.54, 1.807) is 48.4 Å². The summed E-state index contributed by atoms with van der Waals surface area (Å²) < 4.78 is 0. The van der Waals surface area contributed by atoms with Crippen molar-refractivity contribution in [2.75, 3.05) is 5.32 Å². The Hall–Kier alpha value is -3.22. The van der Waals surface area contributed by atoms with Gasteiger partial charge in [-0.3, -0.25) is 14.4 Å². The van der Waals surface area contributed by atoms with Crippen molar-refractivity contribution in [1.82, 2.24) is 4.90 Å². The molecule has 2 heterocycles. The number of fused-ring (bicyclic) bond motifs is 1. The zero-order valence-corrected chi connectivity index (χ0v) is 13.0. The van der Waals surface area contributed by atoms with E-state index in [2.05, 4.69) is 10.3 Å². The molecule has 3 N–H and O–H groups in total. The molecule has 3 amide bonds. The van der Waals surface area contributed by atoms with Crippen LogP contribution in [0.1, 0.15) is 23.7 Å². The van der Waals surface area contributed by atoms with Crippen molar-refractivity contribution in [2.45, 2.75) is 18.9 Å². The summed E-state index contributed by atoms with van der Waals surface area (Å²) in [5.74, 6) is -0.780. The number of allylic oxidation sites excluding steroid dienone is 2. The van der Waals surface area contributed by atoms with E-state index in [0.717, 1.165) is 0 Å². The molecule has 7 nitrogen and oxygen atoms in total. The van der Waals surface area contributed by atoms with E-state index in [1.165, 1.54) is 12.1 Å². The molecule has 2 aliphatic rings. The number of benzene rings is 1. The van der Waals surface area contributed by atoms with Crippen LogP contribution in [-0.2, 0) is 9.59 Å². The number of amidine groups is 1. The Morgan fingerprint density at radius 2 is 1.96 bits per heavy atom. The van der Waals surface area contributed by atoms with Crippen molar-refractivity contribution in [3.05, 3.63) is 54.3 Å². The maximum Gasteiger partial charge on any atom is 0.250 e. The molecule has 1 atom stereocenters. The second-order valence-electron chi connectivity index (χ2n) is 5.78. The average molecular weight is 324 g/mol. The number of hydrogen-bond donors (Lipinski definition) is 2. The number of rotatable bonds is 3. The molecule has 0 radical (unpaired) electrons. The average Bonchev–Trinajstić information content (AvgIpc) is 2.55. The zero-order valence-electron chi connectivity index (χ0n) is 13.0. The van der Waals surface area contributed by atoms with Crippen LogP contribution in [0.5, 0.6) is 0 Å². The maximum absolute atomic E-state index is 12.8. The second kappa shape index (κ2) is 5.77. The van der Waals surface area contributed by atoms with Gasteiger partial charge in [-0.15, -0.1) is 0 Å². The number of hydrogen-bond acceptors (Lipinski definition) is 4. The standard InChI is InChI=1S/C17H16N4O3/c1-17(10-14(22)20-13-4-2-3-9-21(13)17)16(24)19-12-7-5-11(6-8-12)15(18)23/h2-9H,10H2,1H3,(H2,18,23)(H,19,24). The van der Waals surface area contributed by atoms with E-state index in [9.17, 15) is 14.4 Å². The van der Waals surface area contributed by atoms with Gasteiger partial charge in [0.05, 0.1) is 6.42 Å². The third-order valence-corrected chi connectivity index (χ3v) is 4.02. The molecule has 0 saturated carbocycles. The monoisotopic (exact) mass is 324 g/mol. The first kappa shape index (κ1) is 15.7. The highest BCUT2D eigenvalue weighted by molar-refractivity contribution is 6.12. The molecule has 1 unspecified atom stereocenters. The van der Waals surface area contributed by atoms with Gasteiger partial charge in [0.25, 0.3) is 11.8 Å². The minimum Gasteiger partial charge on any atom is -0.366 e. The molecule has 7 heteroatoms. The highest BCUT2D eigenvalue weighted by atomic mass is 16.2. The Labute approximate surface area is 138 Å². The number of aliphatic imine (C=N–C) groups is 1. The first-order valence-corrected chi connectivity index (χ1v) is 7.37. The van der Waals surface area contributed by atoms with Crippen molar-refractivity contribution >= 4 is 29.2 Å². The lowest BCUT2D eigenvalue weighted by atomic mass is 9.91. The van der Waals surface area contributed by atoms with Crippen molar-refractivity contribution in [3.8, 4) is 0 Å². The van der Waals surface area contributed by atoms with Crippen LogP contribution in [-0.4, -0.2) is 34.0 Å². The van der Waals surface area contributed by atoms with Crippen LogP contribution in [0.3, 0.4) is 0 Å². The number of amides is 3. The molecule has 0 spiro atoms. The Balaban J connectivity index is 1.84. The summed E-state index contributed by atoms with van der Waals surface area (Å²) in [5, 5.41) is 2.77. The van der Waals surface area contributed by atoms with Gasteiger partial charge in [0, 0.05) is 17.5 Å². The molecule has 0 fully saturated rings. The summed E-state index contributed by atoms with van der Waals surface area (Å²) in [6.45, 7) is 1.69. The van der Waals surface area contributed by atoms with E-state index in [4.69, 9.17) is 5.73 Å². The fourth-order valence-electron chi connectivity index (χ4n) is 2.66. The van der Waals surface area contributed by atoms with Crippen LogP contribution in [0.2, 0.25) is 0 Å². The van der Waals surface area contributed by atoms with Crippen LogP contribution >= 0.6 is 0 Å². The molecule has 0 aromatic heterocycles. The number of nitrogens with two attached hydrogens (primary N) is 1. The molecular formula is C17H16N4O3. The molecule has 0 aliphatic carbocycles. The Kier molecular flexibility index (Phi) is 3.76. The van der Waals surface area contributed by atoms with Crippen LogP contribution in [0, 0.1) is 0 Å². The first-order chi connectivity index (χ1) is 11.4. The van der Waals surface area contributed by atoms with Gasteiger partial charge < -0.3 is 16.0 Å². The van der Waals surface area contributed by atoms with Gasteiger partial charge in [0.15, 0.2) is 0 Å². The SMILES string of the molecule is CC1(C(=O)Nc2ccc(C(N)=O)cc2)CC(=O)N=C2C=CC=CN21. The normalized spacial score (nSPS) is 22.0. The summed E-state index contributed by atoms with van der Waals surface area (Å²) in [7, 11) is 0. The summed E-state index contributed by atoms with van der Waals surface area (Å²) in [6.07, 6.45) is 6.92. The number of anilines is 1. The topological polar surface area (TPSA) is 105 Å². The number of primary amides is 1. The van der Waals surface area contributed by atoms with Crippen molar-refractivity contribution in [1.29, 1.82) is 0 Å². The van der Waals surface area contributed by atoms with E-state index in [1.807, 2.05) is 0 Å². The number of nitrogens with one attached hydrogen (secondary N) is 1. The molecule has 1 aromatic rings. The molecule has 2 aliphatic heterocycles. The third-order valence-electron chi connectivity index (χ3n) is 4.02. The van der Waals surface area contributed by atoms with Crippen LogP contribution in [0.25, 0.3) is 0 Å². The van der Waals surface area contributed by atoms with Gasteiger partial charge in [-0.05, 0) is 43.3 Å². The maximum atomic E-state index is 12.8. The first-order valence-electron chi connectivity index (χ1n) is 7.37. The van der Waals surface area contributed by atoms with E-state index < -0.39 is 11.4 Å². The molecular weight excluding hydrogens is 308 g/mol. The fraction of sp³-hybridized carbons (Fsp3) is 0.176. The lowest BCUT2D eigenvalue weighted by molar-refractivity contribution is -0.130. The summed E-state index contributed by atoms with van der Waals surface area (Å²) >= 11 is 0. The largest absolute Gasteiger partial charge is 0.366 e. The van der Waals surface area contributed by atoms with E-state index >= 15 is 0 Å². The lowest BCUT2D eigenvalue weighted by Crippen LogP contribution is -2.58. The van der Waals surface area contributed by atoms with Gasteiger partial charge in [-0.25, -0.2) is 0 Å². The van der Waals surface area contributed by atoms with Gasteiger partial charge in [0.1, 0.15) is 11.4 Å². The van der Waals surface area contributed by atoms with Gasteiger partial charge in [-0.2, -0.15) is 4.99 Å². The molecule has 24 heavy (non-hydrogen) atoms. The summed E-state index contributed by atoms with van der Waals surface area (Å²) in [5.41, 5.74) is 4.97. The van der Waals surface area contributed by atoms with Crippen molar-refractivity contribution in [3.63, 3.8) is 0 Å². The second-order valence-corrected chi connectivity index (χ2v) is 5.78. The molecule has 0 saturated heterocycles. The predicted octanol–water partition coefficient (Wildman–Crippen LogP) is 1.20. The van der Waals surface area contributed by atoms with E-state index in [0.29, 0.717) is 17.1 Å². The van der Waals surface area contributed by atoms with Crippen LogP contribution in [0.4, 0.5) is 5.69 Å². The number of carbonyl (C=O) groups is 3. The highest BCUT2D eigenvalue weighted by Gasteiger charge is 2.45. The fourth-order valence-corrected chi connectivity index (χ4v) is 2.66. The Morgan fingerprint density at radius 1 is 1.25 bits per heavy atom. The zero-order chi connectivity index (χ0) is 17.3. The number of nitrogens with zero attached hydrogens (tertiary/aromatic N) is 2. The Morgan fingerprint density at radius 3 is 2.62 bits per heavy atom. The Bertz CT molecular complexity index is 808. The van der Waals surface area contributed by atoms with Crippen LogP contribution < -0.4 is 11.1 Å². The molecule has 122 valence electrons. The van der Waals surface area contributed by atoms with Crippen molar-refractivity contribution < 1.29 is 14.4 Å². The van der Waals surface area contributed by atoms with E-state index in [-0.39, 0.29) is 18.2 Å². The van der Waals surface area contributed by atoms with Gasteiger partial charge >= 0.3 is 0 Å². The molecule has 0 bridgehead atoms.